The van der Waals surface area contributed by atoms with Gasteiger partial charge in [-0.3, -0.25) is 4.79 Å². The molecule has 0 aliphatic carbocycles. The largest absolute Gasteiger partial charge is 0.336 e. The van der Waals surface area contributed by atoms with Crippen molar-refractivity contribution in [2.45, 2.75) is 46.1 Å². The van der Waals surface area contributed by atoms with Crippen molar-refractivity contribution in [3.63, 3.8) is 0 Å². The normalized spacial score (nSPS) is 13.8. The van der Waals surface area contributed by atoms with E-state index in [1.165, 1.54) is 12.1 Å². The number of carbonyl (C=O) groups is 1. The van der Waals surface area contributed by atoms with Gasteiger partial charge in [0.1, 0.15) is 11.6 Å². The van der Waals surface area contributed by atoms with Gasteiger partial charge < -0.3 is 4.90 Å². The summed E-state index contributed by atoms with van der Waals surface area (Å²) in [6, 6.07) is 6.34. The number of fused-ring (bicyclic) bond motifs is 1. The van der Waals surface area contributed by atoms with Gasteiger partial charge in [0.05, 0.1) is 12.2 Å². The van der Waals surface area contributed by atoms with Crippen molar-refractivity contribution in [2.24, 2.45) is 5.92 Å². The third kappa shape index (κ3) is 4.62. The van der Waals surface area contributed by atoms with E-state index in [1.807, 2.05) is 11.1 Å². The van der Waals surface area contributed by atoms with Gasteiger partial charge in [0.15, 0.2) is 0 Å². The highest BCUT2D eigenvalue weighted by atomic mass is 19.1. The number of carbonyl (C=O) groups excluding carboxylic acids is 1. The number of rotatable bonds is 5. The number of aromatic nitrogens is 2. The number of hydrogen-bond donors (Lipinski definition) is 0. The number of aryl methyl sites for hydroxylation is 1. The van der Waals surface area contributed by atoms with E-state index in [4.69, 9.17) is 0 Å². The van der Waals surface area contributed by atoms with Crippen LogP contribution in [0.2, 0.25) is 0 Å². The Morgan fingerprint density at radius 2 is 2.04 bits per heavy atom. The molecule has 0 N–H and O–H groups in total. The molecule has 1 aliphatic rings. The Morgan fingerprint density at radius 1 is 1.28 bits per heavy atom. The molecule has 2 heterocycles. The molecular formula is C20H24FN3O. The van der Waals surface area contributed by atoms with E-state index in [1.54, 1.807) is 12.1 Å². The van der Waals surface area contributed by atoms with Gasteiger partial charge in [-0.1, -0.05) is 26.0 Å². The van der Waals surface area contributed by atoms with Crippen LogP contribution in [0.5, 0.6) is 0 Å². The van der Waals surface area contributed by atoms with Gasteiger partial charge in [0.2, 0.25) is 5.91 Å². The molecular weight excluding hydrogens is 317 g/mol. The summed E-state index contributed by atoms with van der Waals surface area (Å²) in [5.74, 6) is 1.24. The van der Waals surface area contributed by atoms with Crippen LogP contribution in [0.1, 0.15) is 42.9 Å². The molecule has 0 saturated carbocycles. The van der Waals surface area contributed by atoms with Gasteiger partial charge >= 0.3 is 0 Å². The maximum Gasteiger partial charge on any atom is 0.223 e. The summed E-state index contributed by atoms with van der Waals surface area (Å²) in [6.07, 6.45) is 4.64. The number of amides is 1. The Morgan fingerprint density at radius 3 is 2.76 bits per heavy atom. The molecule has 5 heteroatoms. The third-order valence-corrected chi connectivity index (χ3v) is 4.48. The van der Waals surface area contributed by atoms with Crippen molar-refractivity contribution in [3.8, 4) is 0 Å². The fourth-order valence-corrected chi connectivity index (χ4v) is 3.08. The van der Waals surface area contributed by atoms with Crippen LogP contribution in [0.3, 0.4) is 0 Å². The third-order valence-electron chi connectivity index (χ3n) is 4.48. The number of hydrogen-bond acceptors (Lipinski definition) is 3. The summed E-state index contributed by atoms with van der Waals surface area (Å²) in [7, 11) is 0. The van der Waals surface area contributed by atoms with Crippen LogP contribution in [-0.4, -0.2) is 27.3 Å². The van der Waals surface area contributed by atoms with Crippen molar-refractivity contribution in [1.29, 1.82) is 0 Å². The molecule has 0 bridgehead atoms. The lowest BCUT2D eigenvalue weighted by atomic mass is 10.0. The molecule has 25 heavy (non-hydrogen) atoms. The van der Waals surface area contributed by atoms with Crippen molar-refractivity contribution < 1.29 is 9.18 Å². The smallest absolute Gasteiger partial charge is 0.223 e. The van der Waals surface area contributed by atoms with Crippen molar-refractivity contribution >= 4 is 5.91 Å². The van der Waals surface area contributed by atoms with Crippen LogP contribution in [0, 0.1) is 11.7 Å². The summed E-state index contributed by atoms with van der Waals surface area (Å²) < 4.78 is 12.9. The predicted molar refractivity (Wildman–Crippen MR) is 94.4 cm³/mol. The van der Waals surface area contributed by atoms with Gasteiger partial charge in [-0.15, -0.1) is 0 Å². The van der Waals surface area contributed by atoms with Crippen LogP contribution in [0.25, 0.3) is 0 Å². The fraction of sp³-hybridized carbons (Fsp3) is 0.450. The van der Waals surface area contributed by atoms with Crippen LogP contribution in [0.4, 0.5) is 4.39 Å². The second-order valence-electron chi connectivity index (χ2n) is 7.05. The Labute approximate surface area is 148 Å². The van der Waals surface area contributed by atoms with Gasteiger partial charge in [0, 0.05) is 25.6 Å². The standard InChI is InChI=1S/C20H24FN3O/c1-14(2)11-19-22-12-16-9-10-24(13-18(16)23-19)20(25)8-5-15-3-6-17(21)7-4-15/h3-4,6-7,12,14H,5,8-11,13H2,1-2H3. The fourth-order valence-electron chi connectivity index (χ4n) is 3.08. The highest BCUT2D eigenvalue weighted by Crippen LogP contribution is 2.18. The highest BCUT2D eigenvalue weighted by molar-refractivity contribution is 5.76. The average molecular weight is 341 g/mol. The van der Waals surface area contributed by atoms with Crippen LogP contribution >= 0.6 is 0 Å². The average Bonchev–Trinajstić information content (AvgIpc) is 2.60. The molecule has 1 amide bonds. The Kier molecular flexibility index (Phi) is 5.41. The van der Waals surface area contributed by atoms with Crippen LogP contribution in [-0.2, 0) is 30.6 Å². The molecule has 2 aromatic rings. The first-order valence-corrected chi connectivity index (χ1v) is 8.87. The molecule has 0 fully saturated rings. The van der Waals surface area contributed by atoms with E-state index < -0.39 is 0 Å². The highest BCUT2D eigenvalue weighted by Gasteiger charge is 2.22. The van der Waals surface area contributed by atoms with Gasteiger partial charge in [-0.25, -0.2) is 14.4 Å². The van der Waals surface area contributed by atoms with E-state index in [9.17, 15) is 9.18 Å². The van der Waals surface area contributed by atoms with E-state index in [0.29, 0.717) is 31.8 Å². The van der Waals surface area contributed by atoms with E-state index in [0.717, 1.165) is 35.5 Å². The molecule has 0 atom stereocenters. The molecule has 0 saturated heterocycles. The van der Waals surface area contributed by atoms with Crippen molar-refractivity contribution in [3.05, 3.63) is 58.9 Å². The van der Waals surface area contributed by atoms with E-state index >= 15 is 0 Å². The summed E-state index contributed by atoms with van der Waals surface area (Å²) in [6.45, 7) is 5.56. The quantitative estimate of drug-likeness (QED) is 0.838. The monoisotopic (exact) mass is 341 g/mol. The minimum atomic E-state index is -0.250. The SMILES string of the molecule is CC(C)Cc1ncc2c(n1)CN(C(=O)CCc1ccc(F)cc1)CC2. The molecule has 1 aromatic heterocycles. The molecule has 3 rings (SSSR count). The van der Waals surface area contributed by atoms with Gasteiger partial charge in [-0.05, 0) is 42.0 Å². The van der Waals surface area contributed by atoms with Crippen LogP contribution < -0.4 is 0 Å². The summed E-state index contributed by atoms with van der Waals surface area (Å²) in [5, 5.41) is 0. The minimum Gasteiger partial charge on any atom is -0.336 e. The second-order valence-corrected chi connectivity index (χ2v) is 7.05. The topological polar surface area (TPSA) is 46.1 Å². The lowest BCUT2D eigenvalue weighted by Gasteiger charge is -2.28. The summed E-state index contributed by atoms with van der Waals surface area (Å²) in [4.78, 5) is 23.5. The Balaban J connectivity index is 1.61. The first-order chi connectivity index (χ1) is 12.0. The number of nitrogens with zero attached hydrogens (tertiary/aromatic N) is 3. The minimum absolute atomic E-state index is 0.124. The molecule has 1 aromatic carbocycles. The predicted octanol–water partition coefficient (Wildman–Crippen LogP) is 3.33. The maximum atomic E-state index is 12.9. The zero-order chi connectivity index (χ0) is 17.8. The number of benzene rings is 1. The first kappa shape index (κ1) is 17.5. The summed E-state index contributed by atoms with van der Waals surface area (Å²) in [5.41, 5.74) is 3.11. The Bertz CT molecular complexity index is 743. The zero-order valence-electron chi connectivity index (χ0n) is 14.8. The summed E-state index contributed by atoms with van der Waals surface area (Å²) >= 11 is 0. The Hall–Kier alpha value is -2.30. The lowest BCUT2D eigenvalue weighted by molar-refractivity contribution is -0.132. The maximum absolute atomic E-state index is 12.9. The zero-order valence-corrected chi connectivity index (χ0v) is 14.8. The van der Waals surface area contributed by atoms with Crippen LogP contribution in [0.15, 0.2) is 30.5 Å². The second kappa shape index (κ2) is 7.72. The molecule has 1 aliphatic heterocycles. The molecule has 0 radical (unpaired) electrons. The molecule has 4 nitrogen and oxygen atoms in total. The van der Waals surface area contributed by atoms with Crippen molar-refractivity contribution in [2.75, 3.05) is 6.54 Å². The van der Waals surface area contributed by atoms with E-state index in [-0.39, 0.29) is 11.7 Å². The number of halogens is 1. The van der Waals surface area contributed by atoms with Gasteiger partial charge in [0.25, 0.3) is 0 Å². The first-order valence-electron chi connectivity index (χ1n) is 8.87. The molecule has 0 unspecified atom stereocenters. The lowest BCUT2D eigenvalue weighted by Crippen LogP contribution is -2.36. The molecule has 132 valence electrons. The van der Waals surface area contributed by atoms with Gasteiger partial charge in [-0.2, -0.15) is 0 Å². The van der Waals surface area contributed by atoms with Crippen molar-refractivity contribution in [1.82, 2.24) is 14.9 Å². The molecule has 0 spiro atoms. The van der Waals surface area contributed by atoms with E-state index in [2.05, 4.69) is 23.8 Å².